The van der Waals surface area contributed by atoms with Gasteiger partial charge in [-0.1, -0.05) is 0 Å². The SMILES string of the molecule is OB(O)c1cc(C(F)(F)F)ccc1N1CCOCC1. The summed E-state index contributed by atoms with van der Waals surface area (Å²) in [7, 11) is -1.94. The van der Waals surface area contributed by atoms with Crippen LogP contribution in [0.1, 0.15) is 5.56 Å². The molecule has 4 nitrogen and oxygen atoms in total. The van der Waals surface area contributed by atoms with Gasteiger partial charge < -0.3 is 19.7 Å². The molecule has 1 aromatic rings. The number of morpholine rings is 1. The highest BCUT2D eigenvalue weighted by atomic mass is 19.4. The van der Waals surface area contributed by atoms with Crippen LogP contribution in [0.3, 0.4) is 0 Å². The van der Waals surface area contributed by atoms with Gasteiger partial charge in [-0.2, -0.15) is 13.2 Å². The molecular weight excluding hydrogens is 262 g/mol. The molecule has 1 aliphatic heterocycles. The van der Waals surface area contributed by atoms with Gasteiger partial charge >= 0.3 is 13.3 Å². The largest absolute Gasteiger partial charge is 0.490 e. The molecule has 2 N–H and O–H groups in total. The molecule has 104 valence electrons. The van der Waals surface area contributed by atoms with Crippen molar-refractivity contribution in [2.75, 3.05) is 31.2 Å². The lowest BCUT2D eigenvalue weighted by Gasteiger charge is -2.31. The first kappa shape index (κ1) is 14.2. The van der Waals surface area contributed by atoms with E-state index in [1.54, 1.807) is 4.90 Å². The maximum Gasteiger partial charge on any atom is 0.490 e. The second-order valence-corrected chi connectivity index (χ2v) is 4.24. The summed E-state index contributed by atoms with van der Waals surface area (Å²) < 4.78 is 43.0. The van der Waals surface area contributed by atoms with Crippen molar-refractivity contribution in [3.8, 4) is 0 Å². The third-order valence-electron chi connectivity index (χ3n) is 2.98. The molecule has 19 heavy (non-hydrogen) atoms. The lowest BCUT2D eigenvalue weighted by Crippen LogP contribution is -2.43. The van der Waals surface area contributed by atoms with Crippen LogP contribution in [0.15, 0.2) is 18.2 Å². The molecule has 0 bridgehead atoms. The van der Waals surface area contributed by atoms with E-state index in [9.17, 15) is 23.2 Å². The van der Waals surface area contributed by atoms with Gasteiger partial charge in [0.05, 0.1) is 18.8 Å². The molecule has 1 fully saturated rings. The standard InChI is InChI=1S/C11H13BF3NO3/c13-11(14,15)8-1-2-10(9(7-8)12(17)18)16-3-5-19-6-4-16/h1-2,7,17-18H,3-6H2. The van der Waals surface area contributed by atoms with Crippen molar-refractivity contribution in [3.63, 3.8) is 0 Å². The predicted octanol–water partition coefficient (Wildman–Crippen LogP) is 0.222. The number of rotatable bonds is 2. The highest BCUT2D eigenvalue weighted by Crippen LogP contribution is 2.30. The van der Waals surface area contributed by atoms with Gasteiger partial charge in [-0.3, -0.25) is 0 Å². The zero-order valence-electron chi connectivity index (χ0n) is 10.0. The van der Waals surface area contributed by atoms with E-state index in [4.69, 9.17) is 4.74 Å². The van der Waals surface area contributed by atoms with Crippen LogP contribution in [0.5, 0.6) is 0 Å². The van der Waals surface area contributed by atoms with Crippen molar-refractivity contribution >= 4 is 18.3 Å². The number of ether oxygens (including phenoxy) is 1. The Morgan fingerprint density at radius 1 is 1.16 bits per heavy atom. The Morgan fingerprint density at radius 3 is 2.32 bits per heavy atom. The third-order valence-corrected chi connectivity index (χ3v) is 2.98. The predicted molar refractivity (Wildman–Crippen MR) is 64.3 cm³/mol. The summed E-state index contributed by atoms with van der Waals surface area (Å²) in [5, 5.41) is 18.5. The molecule has 0 saturated carbocycles. The van der Waals surface area contributed by atoms with Gasteiger partial charge in [0.1, 0.15) is 0 Å². The maximum absolute atomic E-state index is 12.6. The quantitative estimate of drug-likeness (QED) is 0.758. The van der Waals surface area contributed by atoms with Crippen molar-refractivity contribution in [3.05, 3.63) is 23.8 Å². The molecule has 0 amide bonds. The molecular formula is C11H13BF3NO3. The topological polar surface area (TPSA) is 52.9 Å². The molecule has 0 radical (unpaired) electrons. The Balaban J connectivity index is 2.37. The molecule has 1 saturated heterocycles. The second-order valence-electron chi connectivity index (χ2n) is 4.24. The smallest absolute Gasteiger partial charge is 0.423 e. The summed E-state index contributed by atoms with van der Waals surface area (Å²) in [6.45, 7) is 1.93. The number of halogens is 3. The lowest BCUT2D eigenvalue weighted by molar-refractivity contribution is -0.137. The third kappa shape index (κ3) is 3.20. The van der Waals surface area contributed by atoms with Crippen molar-refractivity contribution in [1.82, 2.24) is 0 Å². The van der Waals surface area contributed by atoms with Crippen LogP contribution in [-0.4, -0.2) is 43.5 Å². The lowest BCUT2D eigenvalue weighted by atomic mass is 9.77. The summed E-state index contributed by atoms with van der Waals surface area (Å²) in [6.07, 6.45) is -4.51. The number of nitrogens with zero attached hydrogens (tertiary/aromatic N) is 1. The number of benzene rings is 1. The monoisotopic (exact) mass is 275 g/mol. The summed E-state index contributed by atoms with van der Waals surface area (Å²) >= 11 is 0. The summed E-state index contributed by atoms with van der Waals surface area (Å²) in [5.41, 5.74) is -0.643. The first-order valence-electron chi connectivity index (χ1n) is 5.79. The van der Waals surface area contributed by atoms with E-state index in [1.807, 2.05) is 0 Å². The van der Waals surface area contributed by atoms with Crippen LogP contribution >= 0.6 is 0 Å². The highest BCUT2D eigenvalue weighted by Gasteiger charge is 2.33. The van der Waals surface area contributed by atoms with Crippen LogP contribution in [0.25, 0.3) is 0 Å². The van der Waals surface area contributed by atoms with E-state index >= 15 is 0 Å². The van der Waals surface area contributed by atoms with Crippen LogP contribution in [-0.2, 0) is 10.9 Å². The fourth-order valence-corrected chi connectivity index (χ4v) is 2.03. The molecule has 0 aromatic heterocycles. The van der Waals surface area contributed by atoms with Crippen LogP contribution in [0, 0.1) is 0 Å². The molecule has 1 heterocycles. The van der Waals surface area contributed by atoms with E-state index in [1.165, 1.54) is 6.07 Å². The molecule has 0 aliphatic carbocycles. The number of hydrogen-bond donors (Lipinski definition) is 2. The minimum absolute atomic E-state index is 0.142. The summed E-state index contributed by atoms with van der Waals surface area (Å²) in [5.74, 6) is 0. The van der Waals surface area contributed by atoms with Crippen LogP contribution in [0.4, 0.5) is 18.9 Å². The van der Waals surface area contributed by atoms with Gasteiger partial charge in [-0.15, -0.1) is 0 Å². The average Bonchev–Trinajstić information content (AvgIpc) is 2.38. The number of anilines is 1. The minimum atomic E-state index is -4.51. The average molecular weight is 275 g/mol. The minimum Gasteiger partial charge on any atom is -0.423 e. The fourth-order valence-electron chi connectivity index (χ4n) is 2.03. The molecule has 1 aromatic carbocycles. The molecule has 0 spiro atoms. The van der Waals surface area contributed by atoms with E-state index in [2.05, 4.69) is 0 Å². The van der Waals surface area contributed by atoms with Gasteiger partial charge in [0, 0.05) is 24.2 Å². The highest BCUT2D eigenvalue weighted by molar-refractivity contribution is 6.60. The molecule has 0 atom stereocenters. The molecule has 8 heteroatoms. The van der Waals surface area contributed by atoms with Gasteiger partial charge in [-0.05, 0) is 18.2 Å². The fraction of sp³-hybridized carbons (Fsp3) is 0.455. The number of alkyl halides is 3. The van der Waals surface area contributed by atoms with E-state index in [-0.39, 0.29) is 5.46 Å². The van der Waals surface area contributed by atoms with E-state index < -0.39 is 18.9 Å². The Morgan fingerprint density at radius 2 is 1.79 bits per heavy atom. The Labute approximate surface area is 108 Å². The first-order valence-corrected chi connectivity index (χ1v) is 5.79. The maximum atomic E-state index is 12.6. The molecule has 1 aliphatic rings. The molecule has 0 unspecified atom stereocenters. The van der Waals surface area contributed by atoms with E-state index in [0.29, 0.717) is 32.0 Å². The number of hydrogen-bond acceptors (Lipinski definition) is 4. The van der Waals surface area contributed by atoms with Gasteiger partial charge in [0.15, 0.2) is 0 Å². The van der Waals surface area contributed by atoms with Crippen LogP contribution < -0.4 is 10.4 Å². The summed E-state index contributed by atoms with van der Waals surface area (Å²) in [4.78, 5) is 1.78. The van der Waals surface area contributed by atoms with Crippen molar-refractivity contribution in [2.24, 2.45) is 0 Å². The molecule has 2 rings (SSSR count). The van der Waals surface area contributed by atoms with Gasteiger partial charge in [0.2, 0.25) is 0 Å². The first-order chi connectivity index (χ1) is 8.89. The van der Waals surface area contributed by atoms with Gasteiger partial charge in [-0.25, -0.2) is 0 Å². The Kier molecular flexibility index (Phi) is 4.03. The van der Waals surface area contributed by atoms with Crippen LogP contribution in [0.2, 0.25) is 0 Å². The van der Waals surface area contributed by atoms with E-state index in [0.717, 1.165) is 12.1 Å². The Bertz CT molecular complexity index is 447. The second kappa shape index (κ2) is 5.40. The zero-order chi connectivity index (χ0) is 14.0. The van der Waals surface area contributed by atoms with Crippen molar-refractivity contribution in [1.29, 1.82) is 0 Å². The van der Waals surface area contributed by atoms with Gasteiger partial charge in [0.25, 0.3) is 0 Å². The van der Waals surface area contributed by atoms with Crippen molar-refractivity contribution < 1.29 is 28.0 Å². The normalized spacial score (nSPS) is 16.6. The Hall–Kier alpha value is -1.25. The summed E-state index contributed by atoms with van der Waals surface area (Å²) in [6, 6.07) is 2.98. The zero-order valence-corrected chi connectivity index (χ0v) is 10.0. The van der Waals surface area contributed by atoms with Crippen molar-refractivity contribution in [2.45, 2.75) is 6.18 Å².